The summed E-state index contributed by atoms with van der Waals surface area (Å²) in [6, 6.07) is 15.9. The van der Waals surface area contributed by atoms with Gasteiger partial charge in [0, 0.05) is 13.1 Å². The Balaban J connectivity index is 1.56. The van der Waals surface area contributed by atoms with E-state index < -0.39 is 0 Å². The normalized spacial score (nSPS) is 18.9. The first-order chi connectivity index (χ1) is 13.2. The summed E-state index contributed by atoms with van der Waals surface area (Å²) in [6.07, 6.45) is 1.88. The molecule has 1 fully saturated rings. The van der Waals surface area contributed by atoms with E-state index in [1.54, 1.807) is 14.2 Å². The molecule has 2 unspecified atom stereocenters. The molecule has 144 valence electrons. The van der Waals surface area contributed by atoms with E-state index in [1.165, 1.54) is 5.56 Å². The summed E-state index contributed by atoms with van der Waals surface area (Å²) in [5.41, 5.74) is 8.58. The zero-order valence-electron chi connectivity index (χ0n) is 15.8. The van der Waals surface area contributed by atoms with Crippen molar-refractivity contribution in [1.29, 1.82) is 0 Å². The van der Waals surface area contributed by atoms with Crippen molar-refractivity contribution >= 4 is 5.91 Å². The van der Waals surface area contributed by atoms with Crippen LogP contribution in [0.15, 0.2) is 48.5 Å². The lowest BCUT2D eigenvalue weighted by atomic mass is 9.94. The molecule has 1 aliphatic heterocycles. The number of hydrazine groups is 1. The molecule has 0 bridgehead atoms. The topological polar surface area (TPSA) is 71.6 Å². The Kier molecular flexibility index (Phi) is 6.68. The summed E-state index contributed by atoms with van der Waals surface area (Å²) < 4.78 is 10.7. The third-order valence-electron chi connectivity index (χ3n) is 4.87. The van der Waals surface area contributed by atoms with Crippen molar-refractivity contribution in [2.24, 2.45) is 5.92 Å². The SMILES string of the molecule is COc1ccc(C2NNCC2C(=O)NCCCc2ccccc2)cc1OC. The number of amides is 1. The number of ether oxygens (including phenoxy) is 2. The molecule has 3 N–H and O–H groups in total. The second kappa shape index (κ2) is 9.39. The molecule has 0 aromatic heterocycles. The van der Waals surface area contributed by atoms with Crippen molar-refractivity contribution in [3.8, 4) is 11.5 Å². The molecule has 1 aliphatic rings. The van der Waals surface area contributed by atoms with Crippen LogP contribution in [0.25, 0.3) is 0 Å². The molecular weight excluding hydrogens is 342 g/mol. The summed E-state index contributed by atoms with van der Waals surface area (Å²) in [5.74, 6) is 1.21. The van der Waals surface area contributed by atoms with Crippen molar-refractivity contribution in [2.75, 3.05) is 27.3 Å². The minimum absolute atomic E-state index is 0.0559. The number of rotatable bonds is 8. The molecule has 6 heteroatoms. The quantitative estimate of drug-likeness (QED) is 0.623. The number of methoxy groups -OCH3 is 2. The summed E-state index contributed by atoms with van der Waals surface area (Å²) >= 11 is 0. The maximum absolute atomic E-state index is 12.7. The van der Waals surface area contributed by atoms with E-state index in [2.05, 4.69) is 28.3 Å². The fraction of sp³-hybridized carbons (Fsp3) is 0.381. The number of aryl methyl sites for hydroxylation is 1. The molecule has 2 atom stereocenters. The van der Waals surface area contributed by atoms with Gasteiger partial charge in [-0.2, -0.15) is 0 Å². The van der Waals surface area contributed by atoms with Crippen molar-refractivity contribution in [3.05, 3.63) is 59.7 Å². The Morgan fingerprint density at radius 2 is 1.89 bits per heavy atom. The van der Waals surface area contributed by atoms with Crippen LogP contribution < -0.4 is 25.6 Å². The maximum Gasteiger partial charge on any atom is 0.226 e. The van der Waals surface area contributed by atoms with Gasteiger partial charge in [-0.3, -0.25) is 10.2 Å². The summed E-state index contributed by atoms with van der Waals surface area (Å²) in [7, 11) is 3.22. The Labute approximate surface area is 160 Å². The van der Waals surface area contributed by atoms with E-state index in [4.69, 9.17) is 9.47 Å². The highest BCUT2D eigenvalue weighted by atomic mass is 16.5. The number of nitrogens with one attached hydrogen (secondary N) is 3. The highest BCUT2D eigenvalue weighted by Gasteiger charge is 2.34. The van der Waals surface area contributed by atoms with Gasteiger partial charge in [0.2, 0.25) is 5.91 Å². The van der Waals surface area contributed by atoms with Crippen LogP contribution >= 0.6 is 0 Å². The minimum Gasteiger partial charge on any atom is -0.493 e. The van der Waals surface area contributed by atoms with Crippen LogP contribution in [0.2, 0.25) is 0 Å². The van der Waals surface area contributed by atoms with E-state index in [1.807, 2.05) is 36.4 Å². The van der Waals surface area contributed by atoms with Gasteiger partial charge < -0.3 is 14.8 Å². The van der Waals surface area contributed by atoms with Crippen LogP contribution in [0, 0.1) is 5.92 Å². The predicted molar refractivity (Wildman–Crippen MR) is 105 cm³/mol. The van der Waals surface area contributed by atoms with E-state index >= 15 is 0 Å². The lowest BCUT2D eigenvalue weighted by molar-refractivity contribution is -0.124. The highest BCUT2D eigenvalue weighted by molar-refractivity contribution is 5.80. The van der Waals surface area contributed by atoms with Crippen LogP contribution in [0.4, 0.5) is 0 Å². The second-order valence-electron chi connectivity index (χ2n) is 6.60. The zero-order chi connectivity index (χ0) is 19.1. The molecule has 0 spiro atoms. The lowest BCUT2D eigenvalue weighted by Crippen LogP contribution is -2.35. The van der Waals surface area contributed by atoms with E-state index in [9.17, 15) is 4.79 Å². The van der Waals surface area contributed by atoms with Crippen LogP contribution in [0.1, 0.15) is 23.6 Å². The van der Waals surface area contributed by atoms with Crippen molar-refractivity contribution < 1.29 is 14.3 Å². The molecule has 0 aliphatic carbocycles. The molecule has 2 aromatic carbocycles. The van der Waals surface area contributed by atoms with Gasteiger partial charge in [0.25, 0.3) is 0 Å². The number of benzene rings is 2. The molecule has 2 aromatic rings. The second-order valence-corrected chi connectivity index (χ2v) is 6.60. The summed E-state index contributed by atoms with van der Waals surface area (Å²) in [4.78, 5) is 12.7. The van der Waals surface area contributed by atoms with Crippen molar-refractivity contribution in [3.63, 3.8) is 0 Å². The van der Waals surface area contributed by atoms with Crippen LogP contribution in [-0.2, 0) is 11.2 Å². The minimum atomic E-state index is -0.181. The first kappa shape index (κ1) is 19.2. The standard InChI is InChI=1S/C21H27N3O3/c1-26-18-11-10-16(13-19(18)27-2)20-17(14-23-24-20)21(25)22-12-6-9-15-7-4-3-5-8-15/h3-5,7-8,10-11,13,17,20,23-24H,6,9,12,14H2,1-2H3,(H,22,25). The smallest absolute Gasteiger partial charge is 0.226 e. The van der Waals surface area contributed by atoms with Gasteiger partial charge in [0.15, 0.2) is 11.5 Å². The van der Waals surface area contributed by atoms with Gasteiger partial charge in [0.05, 0.1) is 26.2 Å². The van der Waals surface area contributed by atoms with Crippen molar-refractivity contribution in [2.45, 2.75) is 18.9 Å². The fourth-order valence-electron chi connectivity index (χ4n) is 3.38. The van der Waals surface area contributed by atoms with E-state index in [-0.39, 0.29) is 17.9 Å². The summed E-state index contributed by atoms with van der Waals surface area (Å²) in [5, 5.41) is 3.07. The fourth-order valence-corrected chi connectivity index (χ4v) is 3.38. The number of hydrogen-bond donors (Lipinski definition) is 3. The van der Waals surface area contributed by atoms with Gasteiger partial charge in [0.1, 0.15) is 0 Å². The molecular formula is C21H27N3O3. The lowest BCUT2D eigenvalue weighted by Gasteiger charge is -2.20. The van der Waals surface area contributed by atoms with Crippen molar-refractivity contribution in [1.82, 2.24) is 16.2 Å². The third-order valence-corrected chi connectivity index (χ3v) is 4.87. The van der Waals surface area contributed by atoms with Gasteiger partial charge in [-0.05, 0) is 36.1 Å². The number of carbonyl (C=O) groups excluding carboxylic acids is 1. The van der Waals surface area contributed by atoms with E-state index in [0.29, 0.717) is 24.6 Å². The van der Waals surface area contributed by atoms with E-state index in [0.717, 1.165) is 18.4 Å². The number of hydrogen-bond acceptors (Lipinski definition) is 5. The maximum atomic E-state index is 12.7. The van der Waals surface area contributed by atoms with Crippen LogP contribution in [0.3, 0.4) is 0 Å². The van der Waals surface area contributed by atoms with Crippen LogP contribution in [0.5, 0.6) is 11.5 Å². The average Bonchev–Trinajstić information content (AvgIpc) is 3.21. The largest absolute Gasteiger partial charge is 0.493 e. The molecule has 1 heterocycles. The first-order valence-electron chi connectivity index (χ1n) is 9.25. The molecule has 0 saturated carbocycles. The Hall–Kier alpha value is -2.57. The summed E-state index contributed by atoms with van der Waals surface area (Å²) in [6.45, 7) is 1.26. The highest BCUT2D eigenvalue weighted by Crippen LogP contribution is 2.33. The monoisotopic (exact) mass is 369 g/mol. The van der Waals surface area contributed by atoms with Gasteiger partial charge >= 0.3 is 0 Å². The predicted octanol–water partition coefficient (Wildman–Crippen LogP) is 2.22. The third kappa shape index (κ3) is 4.78. The number of carbonyl (C=O) groups is 1. The molecule has 1 amide bonds. The Morgan fingerprint density at radius 3 is 2.63 bits per heavy atom. The molecule has 3 rings (SSSR count). The molecule has 6 nitrogen and oxygen atoms in total. The van der Waals surface area contributed by atoms with Gasteiger partial charge in [-0.15, -0.1) is 0 Å². The van der Waals surface area contributed by atoms with Gasteiger partial charge in [-0.25, -0.2) is 5.43 Å². The zero-order valence-corrected chi connectivity index (χ0v) is 15.8. The average molecular weight is 369 g/mol. The Morgan fingerprint density at radius 1 is 1.11 bits per heavy atom. The first-order valence-corrected chi connectivity index (χ1v) is 9.25. The molecule has 1 saturated heterocycles. The van der Waals surface area contributed by atoms with Crippen LogP contribution in [-0.4, -0.2) is 33.2 Å². The van der Waals surface area contributed by atoms with Gasteiger partial charge in [-0.1, -0.05) is 36.4 Å². The molecule has 27 heavy (non-hydrogen) atoms. The molecule has 0 radical (unpaired) electrons. The Bertz CT molecular complexity index is 752.